The molecule has 0 saturated heterocycles. The van der Waals surface area contributed by atoms with Gasteiger partial charge in [-0.25, -0.2) is 4.90 Å². The molecule has 1 atom stereocenters. The average Bonchev–Trinajstić information content (AvgIpc) is 2.73. The number of nitrogens with one attached hydrogen (secondary N) is 1. The van der Waals surface area contributed by atoms with Crippen LogP contribution in [0.5, 0.6) is 0 Å². The highest BCUT2D eigenvalue weighted by Gasteiger charge is 2.45. The van der Waals surface area contributed by atoms with Gasteiger partial charge in [-0.05, 0) is 48.5 Å². The van der Waals surface area contributed by atoms with Crippen molar-refractivity contribution >= 4 is 23.4 Å². The van der Waals surface area contributed by atoms with Crippen molar-refractivity contribution in [2.24, 2.45) is 0 Å². The lowest BCUT2D eigenvalue weighted by molar-refractivity contribution is -0.763. The topological polar surface area (TPSA) is 69.9 Å². The predicted octanol–water partition coefficient (Wildman–Crippen LogP) is 3.37. The molecule has 6 nitrogen and oxygen atoms in total. The fourth-order valence-corrected chi connectivity index (χ4v) is 4.19. The second-order valence-electron chi connectivity index (χ2n) is 7.12. The number of aromatic nitrogens is 3. The molecule has 1 aliphatic rings. The highest BCUT2D eigenvalue weighted by molar-refractivity contribution is 7.98. The molecule has 1 amide bonds. The van der Waals surface area contributed by atoms with Crippen molar-refractivity contribution < 1.29 is 9.48 Å². The van der Waals surface area contributed by atoms with E-state index in [4.69, 9.17) is 5.10 Å². The molecule has 1 N–H and O–H groups in total. The van der Waals surface area contributed by atoms with E-state index in [2.05, 4.69) is 11.1 Å². The Morgan fingerprint density at radius 2 is 2.00 bits per heavy atom. The van der Waals surface area contributed by atoms with Crippen LogP contribution < -0.4 is 15.1 Å². The quantitative estimate of drug-likeness (QED) is 0.534. The van der Waals surface area contributed by atoms with E-state index in [1.807, 2.05) is 63.4 Å². The summed E-state index contributed by atoms with van der Waals surface area (Å²) < 4.78 is 1.71. The number of carbonyl (C=O) groups excluding carboxylic acids is 1. The minimum Gasteiger partial charge on any atom is -0.291 e. The Balaban J connectivity index is 2.13. The summed E-state index contributed by atoms with van der Waals surface area (Å²) in [4.78, 5) is 30.8. The highest BCUT2D eigenvalue weighted by Crippen LogP contribution is 2.38. The van der Waals surface area contributed by atoms with Crippen LogP contribution in [-0.4, -0.2) is 22.2 Å². The Bertz CT molecular complexity index is 1170. The van der Waals surface area contributed by atoms with Gasteiger partial charge in [-0.3, -0.25) is 14.6 Å². The normalized spacial score (nSPS) is 15.0. The van der Waals surface area contributed by atoms with E-state index in [1.165, 1.54) is 11.8 Å². The molecule has 2 aromatic carbocycles. The molecule has 0 saturated carbocycles. The van der Waals surface area contributed by atoms with E-state index in [0.717, 1.165) is 22.4 Å². The fraction of sp³-hybridized carbons (Fsp3) is 0.273. The third-order valence-corrected chi connectivity index (χ3v) is 5.81. The number of hydrogen-bond acceptors (Lipinski definition) is 4. The first-order valence-corrected chi connectivity index (χ1v) is 10.8. The van der Waals surface area contributed by atoms with Crippen LogP contribution in [0.4, 0.5) is 5.69 Å². The summed E-state index contributed by atoms with van der Waals surface area (Å²) in [6.07, 6.45) is 1.69. The first kappa shape index (κ1) is 19.4. The Morgan fingerprint density at radius 3 is 2.72 bits per heavy atom. The zero-order valence-corrected chi connectivity index (χ0v) is 17.7. The van der Waals surface area contributed by atoms with E-state index >= 15 is 0 Å². The van der Waals surface area contributed by atoms with Gasteiger partial charge in [0.1, 0.15) is 0 Å². The molecule has 0 aliphatic carbocycles. The second kappa shape index (κ2) is 7.48. The summed E-state index contributed by atoms with van der Waals surface area (Å²) in [7, 11) is 0. The first-order valence-electron chi connectivity index (χ1n) is 9.55. The van der Waals surface area contributed by atoms with Crippen molar-refractivity contribution in [2.45, 2.75) is 38.5 Å². The third-order valence-electron chi connectivity index (χ3n) is 5.24. The van der Waals surface area contributed by atoms with E-state index in [9.17, 15) is 9.59 Å². The summed E-state index contributed by atoms with van der Waals surface area (Å²) >= 11 is 1.37. The number of carbonyl (C=O) groups is 1. The van der Waals surface area contributed by atoms with Crippen molar-refractivity contribution in [2.75, 3.05) is 11.2 Å². The molecule has 4 rings (SSSR count). The number of rotatable bonds is 3. The zero-order chi connectivity index (χ0) is 20.7. The van der Waals surface area contributed by atoms with Crippen LogP contribution in [0, 0.1) is 13.8 Å². The van der Waals surface area contributed by atoms with Crippen LogP contribution in [0.25, 0.3) is 11.3 Å². The molecule has 1 aliphatic heterocycles. The third kappa shape index (κ3) is 3.15. The standard InChI is InChI=1S/C22H22N4O2S/c1-5-18(27)25-17-9-7-6-8-15(17)19-20(28)23-22(29-4)24-26(19)21(25)16-12-13(2)10-11-14(16)3/h6-12,21H,5H2,1-4H3/p+1/t21-/m1/s1. The van der Waals surface area contributed by atoms with E-state index in [0.29, 0.717) is 22.8 Å². The van der Waals surface area contributed by atoms with Crippen molar-refractivity contribution in [3.8, 4) is 11.3 Å². The van der Waals surface area contributed by atoms with Crippen molar-refractivity contribution in [3.63, 3.8) is 0 Å². The van der Waals surface area contributed by atoms with Crippen molar-refractivity contribution in [3.05, 3.63) is 69.5 Å². The van der Waals surface area contributed by atoms with Gasteiger partial charge >= 0.3 is 11.3 Å². The number of thioether (sulfide) groups is 1. The van der Waals surface area contributed by atoms with Crippen LogP contribution in [0.1, 0.15) is 36.2 Å². The molecule has 148 valence electrons. The van der Waals surface area contributed by atoms with E-state index in [1.54, 1.807) is 9.58 Å². The second-order valence-corrected chi connectivity index (χ2v) is 7.92. The maximum Gasteiger partial charge on any atom is 0.325 e. The number of benzene rings is 2. The van der Waals surface area contributed by atoms with Gasteiger partial charge in [0, 0.05) is 17.1 Å². The van der Waals surface area contributed by atoms with E-state index < -0.39 is 6.17 Å². The maximum absolute atomic E-state index is 13.2. The van der Waals surface area contributed by atoms with Gasteiger partial charge in [-0.15, -0.1) is 0 Å². The number of anilines is 1. The van der Waals surface area contributed by atoms with Crippen LogP contribution in [0.15, 0.2) is 52.4 Å². The Hall–Kier alpha value is -2.93. The Labute approximate surface area is 173 Å². The fourth-order valence-electron chi connectivity index (χ4n) is 3.82. The number of nitrogens with zero attached hydrogens (tertiary/aromatic N) is 3. The van der Waals surface area contributed by atoms with Gasteiger partial charge in [-0.2, -0.15) is 0 Å². The summed E-state index contributed by atoms with van der Waals surface area (Å²) in [5.74, 6) is -0.0192. The molecular weight excluding hydrogens is 384 g/mol. The molecule has 2 heterocycles. The molecule has 0 unspecified atom stereocenters. The minimum absolute atomic E-state index is 0.0192. The van der Waals surface area contributed by atoms with Crippen molar-refractivity contribution in [1.82, 2.24) is 10.1 Å². The van der Waals surface area contributed by atoms with Gasteiger partial charge < -0.3 is 0 Å². The molecule has 0 spiro atoms. The van der Waals surface area contributed by atoms with Gasteiger partial charge in [0.2, 0.25) is 11.1 Å². The van der Waals surface area contributed by atoms with Crippen LogP contribution in [0.3, 0.4) is 0 Å². The highest BCUT2D eigenvalue weighted by atomic mass is 32.2. The SMILES string of the molecule is CCC(=O)N1c2ccccc2-c2c(=O)[nH]c(SC)n[n+]2[C@@H]1c1cc(C)ccc1C. The first-order chi connectivity index (χ1) is 14.0. The molecule has 29 heavy (non-hydrogen) atoms. The monoisotopic (exact) mass is 407 g/mol. The summed E-state index contributed by atoms with van der Waals surface area (Å²) in [6, 6.07) is 13.7. The van der Waals surface area contributed by atoms with Gasteiger partial charge in [0.25, 0.3) is 6.17 Å². The Morgan fingerprint density at radius 1 is 1.24 bits per heavy atom. The summed E-state index contributed by atoms with van der Waals surface area (Å²) in [6.45, 7) is 5.90. The average molecular weight is 408 g/mol. The lowest BCUT2D eigenvalue weighted by Crippen LogP contribution is -2.61. The summed E-state index contributed by atoms with van der Waals surface area (Å²) in [5, 5.41) is 5.23. The lowest BCUT2D eigenvalue weighted by Gasteiger charge is -2.32. The maximum atomic E-state index is 13.2. The molecule has 3 aromatic rings. The molecule has 0 fully saturated rings. The summed E-state index contributed by atoms with van der Waals surface area (Å²) in [5.41, 5.74) is 4.77. The molecule has 7 heteroatoms. The zero-order valence-electron chi connectivity index (χ0n) is 16.9. The molecule has 0 radical (unpaired) electrons. The molecule has 0 bridgehead atoms. The smallest absolute Gasteiger partial charge is 0.291 e. The number of aromatic amines is 1. The predicted molar refractivity (Wildman–Crippen MR) is 114 cm³/mol. The van der Waals surface area contributed by atoms with Crippen LogP contribution >= 0.6 is 11.8 Å². The number of aryl methyl sites for hydroxylation is 2. The van der Waals surface area contributed by atoms with Crippen LogP contribution in [-0.2, 0) is 4.79 Å². The number of amides is 1. The van der Waals surface area contributed by atoms with Crippen LogP contribution in [0.2, 0.25) is 0 Å². The minimum atomic E-state index is -0.527. The van der Waals surface area contributed by atoms with Gasteiger partial charge in [0.05, 0.1) is 11.3 Å². The largest absolute Gasteiger partial charge is 0.325 e. The molecule has 1 aromatic heterocycles. The lowest BCUT2D eigenvalue weighted by atomic mass is 9.97. The van der Waals surface area contributed by atoms with Gasteiger partial charge in [0.15, 0.2) is 0 Å². The van der Waals surface area contributed by atoms with Gasteiger partial charge in [-0.1, -0.05) is 48.5 Å². The number of hydrogen-bond donors (Lipinski definition) is 1. The van der Waals surface area contributed by atoms with Crippen molar-refractivity contribution in [1.29, 1.82) is 0 Å². The number of para-hydroxylation sites is 1. The number of fused-ring (bicyclic) bond motifs is 3. The molecular formula is C22H23N4O2S+. The number of H-pyrrole nitrogens is 1. The Kier molecular flexibility index (Phi) is 5.00. The van der Waals surface area contributed by atoms with E-state index in [-0.39, 0.29) is 11.5 Å².